The SMILES string of the molecule is CN1CCC(CNS(=O)(=O)c2ccccc2CO)C1. The van der Waals surface area contributed by atoms with Crippen molar-refractivity contribution >= 4 is 10.0 Å². The van der Waals surface area contributed by atoms with Crippen LogP contribution in [0.2, 0.25) is 0 Å². The molecular formula is C13H20N2O3S. The highest BCUT2D eigenvalue weighted by Gasteiger charge is 2.23. The molecule has 1 unspecified atom stereocenters. The lowest BCUT2D eigenvalue weighted by molar-refractivity contribution is 0.278. The Balaban J connectivity index is 2.06. The topological polar surface area (TPSA) is 69.6 Å². The van der Waals surface area contributed by atoms with Crippen LogP contribution in [0.5, 0.6) is 0 Å². The second-order valence-corrected chi connectivity index (χ2v) is 6.77. The van der Waals surface area contributed by atoms with Gasteiger partial charge in [0.2, 0.25) is 10.0 Å². The van der Waals surface area contributed by atoms with E-state index in [-0.39, 0.29) is 11.5 Å². The molecule has 1 aliphatic heterocycles. The molecule has 0 bridgehead atoms. The predicted molar refractivity (Wildman–Crippen MR) is 73.2 cm³/mol. The van der Waals surface area contributed by atoms with Crippen molar-refractivity contribution in [3.8, 4) is 0 Å². The van der Waals surface area contributed by atoms with Gasteiger partial charge in [-0.2, -0.15) is 0 Å². The first-order valence-corrected chi connectivity index (χ1v) is 7.88. The lowest BCUT2D eigenvalue weighted by atomic mass is 10.1. The molecule has 0 aromatic heterocycles. The van der Waals surface area contributed by atoms with Crippen LogP contribution < -0.4 is 4.72 Å². The third-order valence-electron chi connectivity index (χ3n) is 3.48. The maximum atomic E-state index is 12.2. The van der Waals surface area contributed by atoms with Gasteiger partial charge in [0.1, 0.15) is 0 Å². The van der Waals surface area contributed by atoms with Gasteiger partial charge in [0.05, 0.1) is 11.5 Å². The zero-order valence-corrected chi connectivity index (χ0v) is 11.9. The number of benzene rings is 1. The summed E-state index contributed by atoms with van der Waals surface area (Å²) < 4.78 is 27.1. The Labute approximate surface area is 114 Å². The first-order chi connectivity index (χ1) is 9.03. The minimum Gasteiger partial charge on any atom is -0.392 e. The summed E-state index contributed by atoms with van der Waals surface area (Å²) in [5, 5.41) is 9.20. The number of sulfonamides is 1. The Hall–Kier alpha value is -0.950. The molecule has 2 N–H and O–H groups in total. The lowest BCUT2D eigenvalue weighted by Crippen LogP contribution is -2.31. The molecule has 1 saturated heterocycles. The number of likely N-dealkylation sites (tertiary alicyclic amines) is 1. The normalized spacial score (nSPS) is 20.8. The van der Waals surface area contributed by atoms with Crippen LogP contribution in [-0.4, -0.2) is 45.1 Å². The van der Waals surface area contributed by atoms with Crippen molar-refractivity contribution < 1.29 is 13.5 Å². The number of nitrogens with one attached hydrogen (secondary N) is 1. The van der Waals surface area contributed by atoms with Crippen LogP contribution >= 0.6 is 0 Å². The summed E-state index contributed by atoms with van der Waals surface area (Å²) in [6, 6.07) is 6.53. The number of aliphatic hydroxyl groups is 1. The molecule has 1 aromatic carbocycles. The van der Waals surface area contributed by atoms with Gasteiger partial charge in [-0.05, 0) is 37.6 Å². The number of hydrogen-bond acceptors (Lipinski definition) is 4. The highest BCUT2D eigenvalue weighted by molar-refractivity contribution is 7.89. The Kier molecular flexibility index (Phi) is 4.57. The molecule has 106 valence electrons. The molecule has 6 heteroatoms. The summed E-state index contributed by atoms with van der Waals surface area (Å²) in [5.74, 6) is 0.362. The Morgan fingerprint density at radius 1 is 1.42 bits per heavy atom. The molecule has 2 rings (SSSR count). The standard InChI is InChI=1S/C13H20N2O3S/c1-15-7-6-11(9-15)8-14-19(17,18)13-5-3-2-4-12(13)10-16/h2-5,11,14,16H,6-10H2,1H3. The van der Waals surface area contributed by atoms with Crippen LogP contribution in [0, 0.1) is 5.92 Å². The smallest absolute Gasteiger partial charge is 0.240 e. The maximum Gasteiger partial charge on any atom is 0.240 e. The molecule has 1 heterocycles. The second kappa shape index (κ2) is 6.00. The van der Waals surface area contributed by atoms with Crippen molar-refractivity contribution in [2.75, 3.05) is 26.7 Å². The van der Waals surface area contributed by atoms with E-state index in [0.29, 0.717) is 18.0 Å². The highest BCUT2D eigenvalue weighted by atomic mass is 32.2. The molecule has 1 atom stereocenters. The zero-order chi connectivity index (χ0) is 13.9. The molecule has 0 amide bonds. The summed E-state index contributed by atoms with van der Waals surface area (Å²) in [6.07, 6.45) is 1.01. The molecule has 0 radical (unpaired) electrons. The molecule has 1 fully saturated rings. The fourth-order valence-corrected chi connectivity index (χ4v) is 3.74. The van der Waals surface area contributed by atoms with Gasteiger partial charge < -0.3 is 10.0 Å². The van der Waals surface area contributed by atoms with Crippen molar-refractivity contribution in [2.24, 2.45) is 5.92 Å². The third-order valence-corrected chi connectivity index (χ3v) is 5.01. The van der Waals surface area contributed by atoms with Crippen LogP contribution in [-0.2, 0) is 16.6 Å². The summed E-state index contributed by atoms with van der Waals surface area (Å²) >= 11 is 0. The summed E-state index contributed by atoms with van der Waals surface area (Å²) in [4.78, 5) is 2.37. The Morgan fingerprint density at radius 2 is 2.16 bits per heavy atom. The quantitative estimate of drug-likeness (QED) is 0.821. The van der Waals surface area contributed by atoms with Gasteiger partial charge in [0, 0.05) is 13.1 Å². The minimum atomic E-state index is -3.54. The van der Waals surface area contributed by atoms with Gasteiger partial charge in [-0.25, -0.2) is 13.1 Å². The van der Waals surface area contributed by atoms with E-state index in [1.807, 2.05) is 7.05 Å². The van der Waals surface area contributed by atoms with Crippen LogP contribution in [0.3, 0.4) is 0 Å². The van der Waals surface area contributed by atoms with E-state index in [1.54, 1.807) is 18.2 Å². The van der Waals surface area contributed by atoms with Gasteiger partial charge in [-0.15, -0.1) is 0 Å². The largest absolute Gasteiger partial charge is 0.392 e. The summed E-state index contributed by atoms with van der Waals surface area (Å²) in [5.41, 5.74) is 0.429. The number of rotatable bonds is 5. The van der Waals surface area contributed by atoms with E-state index in [2.05, 4.69) is 9.62 Å². The van der Waals surface area contributed by atoms with E-state index in [9.17, 15) is 13.5 Å². The summed E-state index contributed by atoms with van der Waals surface area (Å²) in [6.45, 7) is 2.11. The van der Waals surface area contributed by atoms with Crippen LogP contribution in [0.1, 0.15) is 12.0 Å². The van der Waals surface area contributed by atoms with E-state index in [0.717, 1.165) is 19.5 Å². The monoisotopic (exact) mass is 284 g/mol. The van der Waals surface area contributed by atoms with E-state index >= 15 is 0 Å². The fourth-order valence-electron chi connectivity index (χ4n) is 2.39. The van der Waals surface area contributed by atoms with Gasteiger partial charge in [-0.1, -0.05) is 18.2 Å². The van der Waals surface area contributed by atoms with E-state index in [4.69, 9.17) is 0 Å². The zero-order valence-electron chi connectivity index (χ0n) is 11.0. The molecule has 19 heavy (non-hydrogen) atoms. The van der Waals surface area contributed by atoms with Crippen molar-refractivity contribution in [2.45, 2.75) is 17.9 Å². The maximum absolute atomic E-state index is 12.2. The molecular weight excluding hydrogens is 264 g/mol. The average Bonchev–Trinajstić information content (AvgIpc) is 2.82. The van der Waals surface area contributed by atoms with Gasteiger partial charge >= 0.3 is 0 Å². The molecule has 0 spiro atoms. The van der Waals surface area contributed by atoms with E-state index in [1.165, 1.54) is 6.07 Å². The second-order valence-electron chi connectivity index (χ2n) is 5.03. The van der Waals surface area contributed by atoms with Gasteiger partial charge in [0.15, 0.2) is 0 Å². The van der Waals surface area contributed by atoms with Crippen LogP contribution in [0.4, 0.5) is 0 Å². The molecule has 1 aromatic rings. The molecule has 5 nitrogen and oxygen atoms in total. The van der Waals surface area contributed by atoms with Crippen molar-refractivity contribution in [1.29, 1.82) is 0 Å². The Morgan fingerprint density at radius 3 is 2.79 bits per heavy atom. The number of aliphatic hydroxyl groups excluding tert-OH is 1. The van der Waals surface area contributed by atoms with Gasteiger partial charge in [0.25, 0.3) is 0 Å². The minimum absolute atomic E-state index is 0.170. The molecule has 0 aliphatic carbocycles. The van der Waals surface area contributed by atoms with Crippen molar-refractivity contribution in [1.82, 2.24) is 9.62 Å². The highest BCUT2D eigenvalue weighted by Crippen LogP contribution is 2.17. The number of nitrogens with zero attached hydrogens (tertiary/aromatic N) is 1. The first-order valence-electron chi connectivity index (χ1n) is 6.40. The number of hydrogen-bond donors (Lipinski definition) is 2. The molecule has 1 aliphatic rings. The van der Waals surface area contributed by atoms with E-state index < -0.39 is 10.0 Å². The predicted octanol–water partition coefficient (Wildman–Crippen LogP) is 0.409. The van der Waals surface area contributed by atoms with Crippen LogP contribution in [0.15, 0.2) is 29.2 Å². The lowest BCUT2D eigenvalue weighted by Gasteiger charge is -2.13. The third kappa shape index (κ3) is 3.54. The average molecular weight is 284 g/mol. The Bertz CT molecular complexity index is 530. The fraction of sp³-hybridized carbons (Fsp3) is 0.538. The summed E-state index contributed by atoms with van der Waals surface area (Å²) in [7, 11) is -1.50. The van der Waals surface area contributed by atoms with Gasteiger partial charge in [-0.3, -0.25) is 0 Å². The van der Waals surface area contributed by atoms with Crippen LogP contribution in [0.25, 0.3) is 0 Å². The van der Waals surface area contributed by atoms with Crippen molar-refractivity contribution in [3.05, 3.63) is 29.8 Å². The van der Waals surface area contributed by atoms with Crippen molar-refractivity contribution in [3.63, 3.8) is 0 Å². The molecule has 0 saturated carbocycles. The first kappa shape index (κ1) is 14.5.